The lowest BCUT2D eigenvalue weighted by Gasteiger charge is -2.41. The van der Waals surface area contributed by atoms with Crippen LogP contribution in [0.3, 0.4) is 0 Å². The monoisotopic (exact) mass is 411 g/mol. The van der Waals surface area contributed by atoms with E-state index in [9.17, 15) is 9.59 Å². The SMILES string of the molecule is Cn1c(=O)c2ccccc2n2c(SCC(=O)N3CC[C@@H]4CCCC[C@@H]4C3)nnc12. The van der Waals surface area contributed by atoms with E-state index in [0.717, 1.165) is 30.9 Å². The summed E-state index contributed by atoms with van der Waals surface area (Å²) in [6.45, 7) is 1.78. The molecule has 2 atom stereocenters. The molecule has 8 heteroatoms. The van der Waals surface area contributed by atoms with Crippen LogP contribution in [0, 0.1) is 11.8 Å². The van der Waals surface area contributed by atoms with Gasteiger partial charge in [-0.05, 0) is 36.8 Å². The zero-order valence-corrected chi connectivity index (χ0v) is 17.4. The molecule has 3 aromatic rings. The summed E-state index contributed by atoms with van der Waals surface area (Å²) in [5.74, 6) is 2.50. The topological polar surface area (TPSA) is 72.5 Å². The number of aryl methyl sites for hydroxylation is 1. The van der Waals surface area contributed by atoms with Crippen LogP contribution in [-0.4, -0.2) is 48.8 Å². The number of nitrogens with zero attached hydrogens (tertiary/aromatic N) is 5. The van der Waals surface area contributed by atoms with Crippen molar-refractivity contribution in [2.45, 2.75) is 37.3 Å². The Morgan fingerprint density at radius 1 is 1.14 bits per heavy atom. The first kappa shape index (κ1) is 18.7. The van der Waals surface area contributed by atoms with Gasteiger partial charge in [0.25, 0.3) is 5.56 Å². The highest BCUT2D eigenvalue weighted by Crippen LogP contribution is 2.36. The standard InChI is InChI=1S/C21H25N5O2S/c1-24-19(28)16-8-4-5-9-17(16)26-20(24)22-23-21(26)29-13-18(27)25-11-10-14-6-2-3-7-15(14)12-25/h4-5,8-9,14-15H,2-3,6-7,10-13H2,1H3/t14-,15+/m0/s1. The number of benzene rings is 1. The van der Waals surface area contributed by atoms with E-state index in [1.165, 1.54) is 42.0 Å². The van der Waals surface area contributed by atoms with Crippen molar-refractivity contribution in [1.82, 2.24) is 24.1 Å². The van der Waals surface area contributed by atoms with Gasteiger partial charge in [0.05, 0.1) is 16.7 Å². The maximum atomic E-state index is 12.9. The van der Waals surface area contributed by atoms with Gasteiger partial charge in [0.2, 0.25) is 11.7 Å². The molecule has 1 saturated heterocycles. The molecule has 0 spiro atoms. The molecular formula is C21H25N5O2S. The summed E-state index contributed by atoms with van der Waals surface area (Å²) in [7, 11) is 1.70. The average Bonchev–Trinajstić information content (AvgIpc) is 3.19. The van der Waals surface area contributed by atoms with Crippen LogP contribution in [0.5, 0.6) is 0 Å². The second kappa shape index (κ2) is 7.48. The third-order valence-electron chi connectivity index (χ3n) is 6.56. The molecule has 2 fully saturated rings. The van der Waals surface area contributed by atoms with Gasteiger partial charge >= 0.3 is 0 Å². The number of aromatic nitrogens is 4. The Hall–Kier alpha value is -2.35. The number of hydrogen-bond donors (Lipinski definition) is 0. The Kier molecular flexibility index (Phi) is 4.81. The molecule has 1 saturated carbocycles. The number of thioether (sulfide) groups is 1. The highest BCUT2D eigenvalue weighted by Gasteiger charge is 2.33. The number of carbonyl (C=O) groups is 1. The molecule has 29 heavy (non-hydrogen) atoms. The average molecular weight is 412 g/mol. The molecule has 5 rings (SSSR count). The number of fused-ring (bicyclic) bond motifs is 4. The Balaban J connectivity index is 1.37. The maximum absolute atomic E-state index is 12.9. The van der Waals surface area contributed by atoms with Crippen LogP contribution in [0.15, 0.2) is 34.2 Å². The lowest BCUT2D eigenvalue weighted by molar-refractivity contribution is -0.131. The van der Waals surface area contributed by atoms with Crippen LogP contribution in [0.4, 0.5) is 0 Å². The number of hydrogen-bond acceptors (Lipinski definition) is 5. The molecule has 152 valence electrons. The lowest BCUT2D eigenvalue weighted by atomic mass is 9.75. The third kappa shape index (κ3) is 3.23. The first-order valence-electron chi connectivity index (χ1n) is 10.4. The van der Waals surface area contributed by atoms with Gasteiger partial charge in [0, 0.05) is 20.1 Å². The van der Waals surface area contributed by atoms with Crippen molar-refractivity contribution in [3.8, 4) is 0 Å². The van der Waals surface area contributed by atoms with Crippen molar-refractivity contribution in [2.24, 2.45) is 18.9 Å². The number of rotatable bonds is 3. The molecule has 0 bridgehead atoms. The summed E-state index contributed by atoms with van der Waals surface area (Å²) in [5.41, 5.74) is 0.678. The molecule has 0 unspecified atom stereocenters. The van der Waals surface area contributed by atoms with Crippen LogP contribution in [0.2, 0.25) is 0 Å². The zero-order valence-electron chi connectivity index (χ0n) is 16.6. The largest absolute Gasteiger partial charge is 0.342 e. The van der Waals surface area contributed by atoms with Crippen LogP contribution in [0.1, 0.15) is 32.1 Å². The van der Waals surface area contributed by atoms with E-state index in [0.29, 0.717) is 28.0 Å². The highest BCUT2D eigenvalue weighted by molar-refractivity contribution is 7.99. The molecule has 3 heterocycles. The number of piperidine rings is 1. The minimum absolute atomic E-state index is 0.0940. The quantitative estimate of drug-likeness (QED) is 0.620. The van der Waals surface area contributed by atoms with Gasteiger partial charge in [-0.25, -0.2) is 0 Å². The third-order valence-corrected chi connectivity index (χ3v) is 7.48. The highest BCUT2D eigenvalue weighted by atomic mass is 32.2. The van der Waals surface area contributed by atoms with Crippen molar-refractivity contribution in [3.63, 3.8) is 0 Å². The van der Waals surface area contributed by atoms with Gasteiger partial charge < -0.3 is 4.90 Å². The van der Waals surface area contributed by atoms with Crippen molar-refractivity contribution in [3.05, 3.63) is 34.6 Å². The minimum atomic E-state index is -0.0940. The van der Waals surface area contributed by atoms with Crippen LogP contribution < -0.4 is 5.56 Å². The smallest absolute Gasteiger partial charge is 0.262 e. The molecule has 0 radical (unpaired) electrons. The number of likely N-dealkylation sites (tertiary alicyclic amines) is 1. The van der Waals surface area contributed by atoms with E-state index in [-0.39, 0.29) is 11.5 Å². The second-order valence-electron chi connectivity index (χ2n) is 8.22. The summed E-state index contributed by atoms with van der Waals surface area (Å²) in [6.07, 6.45) is 6.38. The van der Waals surface area contributed by atoms with E-state index in [1.54, 1.807) is 7.05 Å². The van der Waals surface area contributed by atoms with Crippen LogP contribution in [-0.2, 0) is 11.8 Å². The van der Waals surface area contributed by atoms with E-state index >= 15 is 0 Å². The number of amides is 1. The van der Waals surface area contributed by atoms with Gasteiger partial charge in [0.15, 0.2) is 5.16 Å². The Labute approximate surface area is 173 Å². The summed E-state index contributed by atoms with van der Waals surface area (Å²) in [5, 5.41) is 9.75. The predicted molar refractivity (Wildman–Crippen MR) is 113 cm³/mol. The first-order valence-corrected chi connectivity index (χ1v) is 11.4. The summed E-state index contributed by atoms with van der Waals surface area (Å²) >= 11 is 1.40. The fraction of sp³-hybridized carbons (Fsp3) is 0.524. The van der Waals surface area contributed by atoms with Gasteiger partial charge in [-0.1, -0.05) is 43.2 Å². The molecule has 1 aliphatic carbocycles. The Morgan fingerprint density at radius 3 is 2.79 bits per heavy atom. The lowest BCUT2D eigenvalue weighted by Crippen LogP contribution is -2.45. The fourth-order valence-corrected chi connectivity index (χ4v) is 5.79. The summed E-state index contributed by atoms with van der Waals surface area (Å²) in [6, 6.07) is 7.46. The number of carbonyl (C=O) groups excluding carboxylic acids is 1. The van der Waals surface area contributed by atoms with Gasteiger partial charge in [-0.15, -0.1) is 10.2 Å². The van der Waals surface area contributed by atoms with E-state index in [2.05, 4.69) is 10.2 Å². The summed E-state index contributed by atoms with van der Waals surface area (Å²) in [4.78, 5) is 27.5. The van der Waals surface area contributed by atoms with Crippen molar-refractivity contribution in [1.29, 1.82) is 0 Å². The van der Waals surface area contributed by atoms with E-state index < -0.39 is 0 Å². The minimum Gasteiger partial charge on any atom is -0.342 e. The number of para-hydroxylation sites is 1. The molecule has 1 aromatic carbocycles. The molecule has 2 aliphatic rings. The van der Waals surface area contributed by atoms with Crippen LogP contribution in [0.25, 0.3) is 16.7 Å². The predicted octanol–water partition coefficient (Wildman–Crippen LogP) is 2.71. The zero-order chi connectivity index (χ0) is 20.0. The Morgan fingerprint density at radius 2 is 1.93 bits per heavy atom. The van der Waals surface area contributed by atoms with Gasteiger partial charge in [0.1, 0.15) is 0 Å². The van der Waals surface area contributed by atoms with Crippen LogP contribution >= 0.6 is 11.8 Å². The molecule has 0 N–H and O–H groups in total. The molecule has 1 aliphatic heterocycles. The van der Waals surface area contributed by atoms with Crippen molar-refractivity contribution >= 4 is 34.3 Å². The summed E-state index contributed by atoms with van der Waals surface area (Å²) < 4.78 is 3.39. The second-order valence-corrected chi connectivity index (χ2v) is 9.16. The molecular weight excluding hydrogens is 386 g/mol. The van der Waals surface area contributed by atoms with Crippen molar-refractivity contribution in [2.75, 3.05) is 18.8 Å². The fourth-order valence-electron chi connectivity index (χ4n) is 4.95. The molecule has 2 aromatic heterocycles. The van der Waals surface area contributed by atoms with E-state index in [1.807, 2.05) is 33.6 Å². The molecule has 7 nitrogen and oxygen atoms in total. The normalized spacial score (nSPS) is 22.2. The van der Waals surface area contributed by atoms with Crippen molar-refractivity contribution < 1.29 is 4.79 Å². The van der Waals surface area contributed by atoms with E-state index in [4.69, 9.17) is 0 Å². The first-order chi connectivity index (χ1) is 14.1. The maximum Gasteiger partial charge on any atom is 0.262 e. The van der Waals surface area contributed by atoms with Gasteiger partial charge in [-0.2, -0.15) is 0 Å². The Bertz CT molecular complexity index is 1140. The van der Waals surface area contributed by atoms with Gasteiger partial charge in [-0.3, -0.25) is 18.6 Å². The molecule has 1 amide bonds.